The van der Waals surface area contributed by atoms with Gasteiger partial charge in [-0.2, -0.15) is 0 Å². The lowest BCUT2D eigenvalue weighted by Gasteiger charge is -2.47. The molecule has 0 N–H and O–H groups in total. The van der Waals surface area contributed by atoms with E-state index in [9.17, 15) is 4.79 Å². The average molecular weight is 349 g/mol. The summed E-state index contributed by atoms with van der Waals surface area (Å²) in [4.78, 5) is 14.3. The first-order valence-electron chi connectivity index (χ1n) is 7.85. The summed E-state index contributed by atoms with van der Waals surface area (Å²) in [5.41, 5.74) is 9.78. The number of rotatable bonds is 4. The Morgan fingerprint density at radius 1 is 1.32 bits per heavy atom. The highest BCUT2D eigenvalue weighted by Crippen LogP contribution is 2.36. The number of nitrogens with zero attached hydrogens (tertiary/aromatic N) is 3. The summed E-state index contributed by atoms with van der Waals surface area (Å²) in [6.07, 6.45) is -3.55. The first kappa shape index (κ1) is 17.7. The van der Waals surface area contributed by atoms with E-state index >= 15 is 0 Å². The highest BCUT2D eigenvalue weighted by molar-refractivity contribution is 5.66. The van der Waals surface area contributed by atoms with E-state index < -0.39 is 42.9 Å². The van der Waals surface area contributed by atoms with Crippen LogP contribution in [0.3, 0.4) is 0 Å². The van der Waals surface area contributed by atoms with Gasteiger partial charge >= 0.3 is 5.97 Å². The minimum absolute atomic E-state index is 0.230. The molecule has 0 amide bonds. The molecule has 3 rings (SSSR count). The number of azide groups is 1. The lowest BCUT2D eigenvalue weighted by molar-refractivity contribution is -0.338. The lowest BCUT2D eigenvalue weighted by Crippen LogP contribution is -2.62. The molecule has 0 aliphatic carbocycles. The Kier molecular flexibility index (Phi) is 5.52. The number of ether oxygens (including phenoxy) is 5. The zero-order valence-corrected chi connectivity index (χ0v) is 13.8. The van der Waals surface area contributed by atoms with Crippen molar-refractivity contribution < 1.29 is 28.5 Å². The van der Waals surface area contributed by atoms with Crippen LogP contribution in [0.2, 0.25) is 0 Å². The molecule has 2 saturated heterocycles. The quantitative estimate of drug-likeness (QED) is 0.356. The van der Waals surface area contributed by atoms with Gasteiger partial charge in [0, 0.05) is 24.5 Å². The van der Waals surface area contributed by atoms with Gasteiger partial charge in [-0.1, -0.05) is 35.4 Å². The second kappa shape index (κ2) is 7.81. The zero-order chi connectivity index (χ0) is 17.8. The summed E-state index contributed by atoms with van der Waals surface area (Å²) >= 11 is 0. The van der Waals surface area contributed by atoms with E-state index in [1.165, 1.54) is 14.0 Å². The van der Waals surface area contributed by atoms with Gasteiger partial charge in [-0.25, -0.2) is 0 Å². The lowest BCUT2D eigenvalue weighted by atomic mass is 9.95. The van der Waals surface area contributed by atoms with Crippen LogP contribution in [0.25, 0.3) is 10.4 Å². The van der Waals surface area contributed by atoms with E-state index in [2.05, 4.69) is 10.0 Å². The van der Waals surface area contributed by atoms with Crippen LogP contribution in [0.4, 0.5) is 0 Å². The van der Waals surface area contributed by atoms with Gasteiger partial charge in [0.1, 0.15) is 18.2 Å². The molecule has 0 saturated carbocycles. The molecule has 134 valence electrons. The van der Waals surface area contributed by atoms with Gasteiger partial charge in [0.25, 0.3) is 0 Å². The Bertz CT molecular complexity index is 651. The second-order valence-corrected chi connectivity index (χ2v) is 5.72. The molecule has 9 heteroatoms. The van der Waals surface area contributed by atoms with Crippen molar-refractivity contribution in [3.05, 3.63) is 46.3 Å². The van der Waals surface area contributed by atoms with E-state index in [0.717, 1.165) is 5.56 Å². The van der Waals surface area contributed by atoms with Gasteiger partial charge in [0.05, 0.1) is 6.61 Å². The molecule has 2 aliphatic heterocycles. The molecule has 0 unspecified atom stereocenters. The molecule has 1 aromatic carbocycles. The van der Waals surface area contributed by atoms with Gasteiger partial charge in [-0.15, -0.1) is 0 Å². The summed E-state index contributed by atoms with van der Waals surface area (Å²) in [5.74, 6) is -0.529. The summed E-state index contributed by atoms with van der Waals surface area (Å²) in [6.45, 7) is 1.50. The van der Waals surface area contributed by atoms with Crippen LogP contribution in [-0.2, 0) is 28.5 Å². The van der Waals surface area contributed by atoms with Crippen LogP contribution in [0.15, 0.2) is 35.4 Å². The topological polar surface area (TPSA) is 112 Å². The number of benzene rings is 1. The van der Waals surface area contributed by atoms with E-state index in [1.807, 2.05) is 30.3 Å². The van der Waals surface area contributed by atoms with E-state index in [4.69, 9.17) is 29.2 Å². The highest BCUT2D eigenvalue weighted by Gasteiger charge is 2.51. The molecule has 0 spiro atoms. The van der Waals surface area contributed by atoms with Crippen molar-refractivity contribution in [1.82, 2.24) is 0 Å². The largest absolute Gasteiger partial charge is 0.457 e. The van der Waals surface area contributed by atoms with Crippen LogP contribution in [-0.4, -0.2) is 50.3 Å². The Morgan fingerprint density at radius 3 is 2.72 bits per heavy atom. The molecule has 9 nitrogen and oxygen atoms in total. The zero-order valence-electron chi connectivity index (χ0n) is 13.8. The third-order valence-electron chi connectivity index (χ3n) is 4.10. The summed E-state index contributed by atoms with van der Waals surface area (Å²) < 4.78 is 28.0. The molecule has 0 bridgehead atoms. The Hall–Kier alpha value is -2.16. The molecular formula is C16H19N3O6. The van der Waals surface area contributed by atoms with Crippen molar-refractivity contribution in [3.8, 4) is 0 Å². The van der Waals surface area contributed by atoms with Crippen LogP contribution in [0.5, 0.6) is 0 Å². The minimum atomic E-state index is -0.908. The first-order chi connectivity index (χ1) is 12.1. The van der Waals surface area contributed by atoms with Crippen molar-refractivity contribution in [3.63, 3.8) is 0 Å². The van der Waals surface area contributed by atoms with E-state index in [-0.39, 0.29) is 6.61 Å². The van der Waals surface area contributed by atoms with Crippen LogP contribution in [0.1, 0.15) is 18.8 Å². The van der Waals surface area contributed by atoms with Crippen molar-refractivity contribution in [2.75, 3.05) is 13.7 Å². The van der Waals surface area contributed by atoms with E-state index in [0.29, 0.717) is 0 Å². The number of methoxy groups -OCH3 is 1. The summed E-state index contributed by atoms with van der Waals surface area (Å²) in [5, 5.41) is 3.79. The Morgan fingerprint density at radius 2 is 2.08 bits per heavy atom. The fraction of sp³-hybridized carbons (Fsp3) is 0.562. The number of fused-ring (bicyclic) bond motifs is 1. The molecule has 6 atom stereocenters. The van der Waals surface area contributed by atoms with Crippen molar-refractivity contribution in [1.29, 1.82) is 0 Å². The third-order valence-corrected chi connectivity index (χ3v) is 4.10. The predicted octanol–water partition coefficient (Wildman–Crippen LogP) is 2.08. The maximum absolute atomic E-state index is 11.4. The van der Waals surface area contributed by atoms with Crippen LogP contribution >= 0.6 is 0 Å². The van der Waals surface area contributed by atoms with Crippen molar-refractivity contribution >= 4 is 5.97 Å². The molecule has 2 aliphatic rings. The Labute approximate surface area is 144 Å². The SMILES string of the molecule is CO[C@H]1O[C@H]2CO[C@H](c3ccccc3)O[C@@H]2[C@H](N=[N+]=[N-])[C@H]1OC(C)=O. The number of esters is 1. The molecule has 0 aromatic heterocycles. The van der Waals surface area contributed by atoms with Gasteiger partial charge in [-0.3, -0.25) is 4.79 Å². The fourth-order valence-corrected chi connectivity index (χ4v) is 3.04. The molecule has 1 aromatic rings. The van der Waals surface area contributed by atoms with Gasteiger partial charge < -0.3 is 23.7 Å². The highest BCUT2D eigenvalue weighted by atomic mass is 16.8. The first-order valence-corrected chi connectivity index (χ1v) is 7.85. The molecule has 2 fully saturated rings. The van der Waals surface area contributed by atoms with Crippen LogP contribution in [0, 0.1) is 0 Å². The Balaban J connectivity index is 1.86. The van der Waals surface area contributed by atoms with Gasteiger partial charge in [-0.05, 0) is 5.53 Å². The maximum Gasteiger partial charge on any atom is 0.303 e. The van der Waals surface area contributed by atoms with E-state index in [1.54, 1.807) is 0 Å². The number of carbonyl (C=O) groups excluding carboxylic acids is 1. The number of carbonyl (C=O) groups is 1. The summed E-state index contributed by atoms with van der Waals surface area (Å²) in [6, 6.07) is 8.59. The summed E-state index contributed by atoms with van der Waals surface area (Å²) in [7, 11) is 1.42. The normalized spacial score (nSPS) is 34.5. The maximum atomic E-state index is 11.4. The monoisotopic (exact) mass is 349 g/mol. The van der Waals surface area contributed by atoms with Crippen molar-refractivity contribution in [2.45, 2.75) is 43.9 Å². The number of hydrogen-bond donors (Lipinski definition) is 0. The minimum Gasteiger partial charge on any atom is -0.457 e. The standard InChI is InChI=1S/C16H19N3O6/c1-9(20)23-14-12(18-19-17)13-11(24-16(14)21-2)8-22-15(25-13)10-6-4-3-5-7-10/h3-7,11-16H,8H2,1-2H3/t11-,12-,13-,14+,15-,16-/m0/s1. The molecule has 2 heterocycles. The fourth-order valence-electron chi connectivity index (χ4n) is 3.04. The van der Waals surface area contributed by atoms with Crippen LogP contribution < -0.4 is 0 Å². The van der Waals surface area contributed by atoms with Crippen molar-refractivity contribution in [2.24, 2.45) is 5.11 Å². The predicted molar refractivity (Wildman–Crippen MR) is 84.2 cm³/mol. The average Bonchev–Trinajstić information content (AvgIpc) is 2.63. The van der Waals surface area contributed by atoms with Gasteiger partial charge in [0.15, 0.2) is 18.7 Å². The molecular weight excluding hydrogens is 330 g/mol. The third kappa shape index (κ3) is 3.76. The molecule has 25 heavy (non-hydrogen) atoms. The molecule has 0 radical (unpaired) electrons. The van der Waals surface area contributed by atoms with Gasteiger partial charge in [0.2, 0.25) is 0 Å². The number of hydrogen-bond acceptors (Lipinski definition) is 7. The second-order valence-electron chi connectivity index (χ2n) is 5.72. The smallest absolute Gasteiger partial charge is 0.303 e.